The molecule has 2 N–H and O–H groups in total. The molecule has 0 unspecified atom stereocenters. The summed E-state index contributed by atoms with van der Waals surface area (Å²) in [5.74, 6) is -1.10. The Morgan fingerprint density at radius 2 is 1.89 bits per heavy atom. The van der Waals surface area contributed by atoms with Gasteiger partial charge in [-0.2, -0.15) is 0 Å². The lowest BCUT2D eigenvalue weighted by atomic mass is 10.1. The number of nitrogens with one attached hydrogen (secondary N) is 1. The molecule has 0 aromatic heterocycles. The fourth-order valence-electron chi connectivity index (χ4n) is 1.32. The maximum absolute atomic E-state index is 11.4. The molecule has 18 heavy (non-hydrogen) atoms. The first-order chi connectivity index (χ1) is 8.61. The monoisotopic (exact) mass is 245 g/mol. The molecule has 1 amide bonds. The summed E-state index contributed by atoms with van der Waals surface area (Å²) >= 11 is 0. The van der Waals surface area contributed by atoms with Crippen molar-refractivity contribution in [1.29, 1.82) is 0 Å². The van der Waals surface area contributed by atoms with Crippen LogP contribution in [0.5, 0.6) is 0 Å². The molecule has 0 aliphatic rings. The zero-order chi connectivity index (χ0) is 13.4. The van der Waals surface area contributed by atoms with Crippen molar-refractivity contribution in [1.82, 2.24) is 0 Å². The quantitative estimate of drug-likeness (QED) is 0.618. The predicted octanol–water partition coefficient (Wildman–Crippen LogP) is 2.38. The van der Waals surface area contributed by atoms with Gasteiger partial charge in [-0.3, -0.25) is 9.59 Å². The van der Waals surface area contributed by atoms with Crippen LogP contribution in [0.1, 0.15) is 12.5 Å². The van der Waals surface area contributed by atoms with Gasteiger partial charge in [-0.15, -0.1) is 0 Å². The second-order valence-electron chi connectivity index (χ2n) is 3.64. The maximum Gasteiger partial charge on any atom is 0.307 e. The molecule has 0 spiro atoms. The smallest absolute Gasteiger partial charge is 0.307 e. The van der Waals surface area contributed by atoms with Crippen LogP contribution in [0.4, 0.5) is 5.69 Å². The van der Waals surface area contributed by atoms with E-state index in [9.17, 15) is 9.59 Å². The normalized spacial score (nSPS) is 10.9. The van der Waals surface area contributed by atoms with Gasteiger partial charge in [0, 0.05) is 11.8 Å². The van der Waals surface area contributed by atoms with Gasteiger partial charge in [-0.1, -0.05) is 30.4 Å². The van der Waals surface area contributed by atoms with Gasteiger partial charge >= 0.3 is 5.97 Å². The highest BCUT2D eigenvalue weighted by Crippen LogP contribution is 2.10. The van der Waals surface area contributed by atoms with Crippen LogP contribution in [0.15, 0.2) is 48.6 Å². The van der Waals surface area contributed by atoms with Crippen LogP contribution in [-0.2, 0) is 16.0 Å². The molecule has 1 aromatic carbocycles. The zero-order valence-electron chi connectivity index (χ0n) is 10.1. The lowest BCUT2D eigenvalue weighted by molar-refractivity contribution is -0.136. The molecule has 94 valence electrons. The number of anilines is 1. The number of carbonyl (C=O) groups excluding carboxylic acids is 1. The number of amides is 1. The van der Waals surface area contributed by atoms with E-state index in [4.69, 9.17) is 5.11 Å². The fourth-order valence-corrected chi connectivity index (χ4v) is 1.32. The molecular weight excluding hydrogens is 230 g/mol. The Morgan fingerprint density at radius 3 is 2.44 bits per heavy atom. The summed E-state index contributed by atoms with van der Waals surface area (Å²) in [5.41, 5.74) is 1.34. The lowest BCUT2D eigenvalue weighted by Gasteiger charge is -2.03. The van der Waals surface area contributed by atoms with Crippen LogP contribution in [-0.4, -0.2) is 17.0 Å². The van der Waals surface area contributed by atoms with Gasteiger partial charge in [0.05, 0.1) is 6.42 Å². The van der Waals surface area contributed by atoms with Gasteiger partial charge in [-0.05, 0) is 24.6 Å². The number of carbonyl (C=O) groups is 2. The average molecular weight is 245 g/mol. The lowest BCUT2D eigenvalue weighted by Crippen LogP contribution is -2.07. The highest BCUT2D eigenvalue weighted by Gasteiger charge is 2.01. The van der Waals surface area contributed by atoms with Crippen molar-refractivity contribution in [2.45, 2.75) is 13.3 Å². The van der Waals surface area contributed by atoms with Crippen LogP contribution in [0.25, 0.3) is 0 Å². The molecule has 0 saturated heterocycles. The highest BCUT2D eigenvalue weighted by molar-refractivity contribution is 5.99. The summed E-state index contributed by atoms with van der Waals surface area (Å²) in [6.45, 7) is 1.86. The van der Waals surface area contributed by atoms with Crippen molar-refractivity contribution in [2.24, 2.45) is 0 Å². The van der Waals surface area contributed by atoms with E-state index in [-0.39, 0.29) is 12.3 Å². The van der Waals surface area contributed by atoms with Gasteiger partial charge in [0.1, 0.15) is 0 Å². The number of rotatable bonds is 5. The molecule has 0 aliphatic carbocycles. The number of hydrogen-bond donors (Lipinski definition) is 2. The molecule has 0 heterocycles. The second-order valence-corrected chi connectivity index (χ2v) is 3.64. The number of benzene rings is 1. The molecule has 0 saturated carbocycles. The van der Waals surface area contributed by atoms with Crippen LogP contribution in [0, 0.1) is 0 Å². The Hall–Kier alpha value is -2.36. The third kappa shape index (κ3) is 5.12. The van der Waals surface area contributed by atoms with E-state index in [2.05, 4.69) is 5.32 Å². The number of allylic oxidation sites excluding steroid dienone is 3. The van der Waals surface area contributed by atoms with Crippen LogP contribution < -0.4 is 5.32 Å². The Labute approximate surface area is 106 Å². The number of aliphatic carboxylic acids is 1. The minimum absolute atomic E-state index is 0.0184. The molecule has 0 aliphatic heterocycles. The van der Waals surface area contributed by atoms with E-state index in [1.807, 2.05) is 13.0 Å². The largest absolute Gasteiger partial charge is 0.481 e. The average Bonchev–Trinajstić information content (AvgIpc) is 2.31. The van der Waals surface area contributed by atoms with Gasteiger partial charge in [0.2, 0.25) is 5.91 Å². The van der Waals surface area contributed by atoms with E-state index >= 15 is 0 Å². The summed E-state index contributed by atoms with van der Waals surface area (Å²) in [4.78, 5) is 21.9. The van der Waals surface area contributed by atoms with E-state index in [0.29, 0.717) is 11.3 Å². The van der Waals surface area contributed by atoms with E-state index in [1.165, 1.54) is 6.08 Å². The van der Waals surface area contributed by atoms with Crippen molar-refractivity contribution in [3.63, 3.8) is 0 Å². The molecule has 0 bridgehead atoms. The van der Waals surface area contributed by atoms with Gasteiger partial charge < -0.3 is 10.4 Å². The summed E-state index contributed by atoms with van der Waals surface area (Å²) in [7, 11) is 0. The SMILES string of the molecule is C/C=C/C=C/C(=O)Nc1ccc(CC(=O)O)cc1. The van der Waals surface area contributed by atoms with Crippen molar-refractivity contribution < 1.29 is 14.7 Å². The Balaban J connectivity index is 2.58. The van der Waals surface area contributed by atoms with E-state index in [1.54, 1.807) is 36.4 Å². The third-order valence-corrected chi connectivity index (χ3v) is 2.13. The van der Waals surface area contributed by atoms with Crippen LogP contribution in [0.3, 0.4) is 0 Å². The predicted molar refractivity (Wildman–Crippen MR) is 70.4 cm³/mol. The van der Waals surface area contributed by atoms with Crippen molar-refractivity contribution in [3.8, 4) is 0 Å². The van der Waals surface area contributed by atoms with Gasteiger partial charge in [-0.25, -0.2) is 0 Å². The summed E-state index contributed by atoms with van der Waals surface area (Å²) in [6, 6.07) is 6.72. The molecule has 4 nitrogen and oxygen atoms in total. The molecule has 0 atom stereocenters. The van der Waals surface area contributed by atoms with E-state index < -0.39 is 5.97 Å². The van der Waals surface area contributed by atoms with Gasteiger partial charge in [0.15, 0.2) is 0 Å². The van der Waals surface area contributed by atoms with E-state index in [0.717, 1.165) is 0 Å². The molecule has 0 radical (unpaired) electrons. The fraction of sp³-hybridized carbons (Fsp3) is 0.143. The van der Waals surface area contributed by atoms with Crippen molar-refractivity contribution in [3.05, 3.63) is 54.1 Å². The first-order valence-electron chi connectivity index (χ1n) is 5.53. The summed E-state index contributed by atoms with van der Waals surface area (Å²) in [6.07, 6.45) is 6.63. The first-order valence-corrected chi connectivity index (χ1v) is 5.53. The van der Waals surface area contributed by atoms with Gasteiger partial charge in [0.25, 0.3) is 0 Å². The summed E-state index contributed by atoms with van der Waals surface area (Å²) < 4.78 is 0. The Bertz CT molecular complexity index is 472. The minimum Gasteiger partial charge on any atom is -0.481 e. The summed E-state index contributed by atoms with van der Waals surface area (Å²) in [5, 5.41) is 11.3. The zero-order valence-corrected chi connectivity index (χ0v) is 10.1. The molecule has 1 rings (SSSR count). The third-order valence-electron chi connectivity index (χ3n) is 2.13. The molecule has 0 fully saturated rings. The minimum atomic E-state index is -0.874. The molecule has 4 heteroatoms. The van der Waals surface area contributed by atoms with Crippen LogP contribution >= 0.6 is 0 Å². The first kappa shape index (κ1) is 13.7. The molecular formula is C14H15NO3. The second kappa shape index (κ2) is 7.06. The maximum atomic E-state index is 11.4. The topological polar surface area (TPSA) is 66.4 Å². The number of hydrogen-bond acceptors (Lipinski definition) is 2. The standard InChI is InChI=1S/C14H15NO3/c1-2-3-4-5-13(16)15-12-8-6-11(7-9-12)10-14(17)18/h2-9H,10H2,1H3,(H,15,16)(H,17,18)/b3-2+,5-4+. The van der Waals surface area contributed by atoms with Crippen molar-refractivity contribution >= 4 is 17.6 Å². The number of carboxylic acids is 1. The van der Waals surface area contributed by atoms with Crippen LogP contribution in [0.2, 0.25) is 0 Å². The Morgan fingerprint density at radius 1 is 1.22 bits per heavy atom. The Kier molecular flexibility index (Phi) is 5.38. The van der Waals surface area contributed by atoms with Crippen molar-refractivity contribution in [2.75, 3.05) is 5.32 Å². The number of carboxylic acid groups (broad SMARTS) is 1. The molecule has 1 aromatic rings. The highest BCUT2D eigenvalue weighted by atomic mass is 16.4.